The molecule has 10 heteroatoms. The summed E-state index contributed by atoms with van der Waals surface area (Å²) in [4.78, 5) is 40.8. The van der Waals surface area contributed by atoms with Gasteiger partial charge in [-0.3, -0.25) is 29.5 Å². The second kappa shape index (κ2) is 10.4. The Morgan fingerprint density at radius 2 is 1.76 bits per heavy atom. The smallest absolute Gasteiger partial charge is 0.271 e. The first-order valence-corrected chi connectivity index (χ1v) is 12.1. The van der Waals surface area contributed by atoms with Crippen molar-refractivity contribution in [1.82, 2.24) is 9.47 Å². The molecule has 37 heavy (non-hydrogen) atoms. The minimum atomic E-state index is -0.508. The van der Waals surface area contributed by atoms with E-state index in [1.807, 2.05) is 32.9 Å². The van der Waals surface area contributed by atoms with Crippen LogP contribution in [0.3, 0.4) is 0 Å². The normalized spacial score (nSPS) is 15.0. The second-order valence-corrected chi connectivity index (χ2v) is 8.91. The van der Waals surface area contributed by atoms with Gasteiger partial charge < -0.3 is 9.30 Å². The van der Waals surface area contributed by atoms with E-state index in [0.717, 1.165) is 5.69 Å². The summed E-state index contributed by atoms with van der Waals surface area (Å²) in [6.07, 6.45) is 2.23. The molecule has 0 N–H and O–H groups in total. The molecule has 3 aromatic rings. The van der Waals surface area contributed by atoms with Gasteiger partial charge in [0.05, 0.1) is 23.4 Å². The quantitative estimate of drug-likeness (QED) is 0.144. The maximum Gasteiger partial charge on any atom is 0.271 e. The minimum absolute atomic E-state index is 0.0165. The molecule has 1 aromatic heterocycles. The fraction of sp³-hybridized carbons (Fsp3) is 0.222. The Bertz CT molecular complexity index is 1440. The van der Waals surface area contributed by atoms with E-state index in [0.29, 0.717) is 41.3 Å². The number of rotatable bonds is 7. The third-order valence-electron chi connectivity index (χ3n) is 6.18. The lowest BCUT2D eigenvalue weighted by molar-refractivity contribution is -0.384. The van der Waals surface area contributed by atoms with Crippen LogP contribution < -0.4 is 9.64 Å². The van der Waals surface area contributed by atoms with Crippen LogP contribution in [-0.4, -0.2) is 45.0 Å². The van der Waals surface area contributed by atoms with E-state index in [-0.39, 0.29) is 16.4 Å². The van der Waals surface area contributed by atoms with E-state index in [9.17, 15) is 19.7 Å². The molecule has 0 radical (unpaired) electrons. The number of aryl methyl sites for hydroxylation is 1. The number of aromatic nitrogens is 1. The van der Waals surface area contributed by atoms with Crippen LogP contribution in [0.4, 0.5) is 11.4 Å². The Labute approximate surface area is 219 Å². The number of ether oxygens (including phenoxy) is 1. The molecule has 0 saturated carbocycles. The van der Waals surface area contributed by atoms with Crippen molar-refractivity contribution < 1.29 is 19.2 Å². The predicted octanol–water partition coefficient (Wildman–Crippen LogP) is 4.96. The van der Waals surface area contributed by atoms with E-state index in [1.165, 1.54) is 29.0 Å². The molecule has 1 aliphatic rings. The van der Waals surface area contributed by atoms with Crippen LogP contribution in [0.2, 0.25) is 0 Å². The van der Waals surface area contributed by atoms with Crippen molar-refractivity contribution in [3.8, 4) is 11.4 Å². The maximum atomic E-state index is 13.6. The van der Waals surface area contributed by atoms with Crippen LogP contribution in [0.5, 0.6) is 5.75 Å². The molecule has 2 amide bonds. The number of non-ortho nitro benzene ring substituents is 1. The molecule has 2 aromatic carbocycles. The molecule has 0 spiro atoms. The Hall–Kier alpha value is -4.31. The van der Waals surface area contributed by atoms with E-state index < -0.39 is 16.7 Å². The van der Waals surface area contributed by atoms with E-state index >= 15 is 0 Å². The topological polar surface area (TPSA) is 97.9 Å². The van der Waals surface area contributed by atoms with Crippen LogP contribution in [0, 0.1) is 24.0 Å². The molecule has 4 rings (SSSR count). The monoisotopic (exact) mass is 518 g/mol. The van der Waals surface area contributed by atoms with Gasteiger partial charge >= 0.3 is 0 Å². The van der Waals surface area contributed by atoms with Gasteiger partial charge in [0.1, 0.15) is 11.3 Å². The second-order valence-electron chi connectivity index (χ2n) is 8.55. The van der Waals surface area contributed by atoms with Gasteiger partial charge in [0.25, 0.3) is 17.5 Å². The number of benzene rings is 2. The van der Waals surface area contributed by atoms with Crippen molar-refractivity contribution in [3.63, 3.8) is 0 Å². The standard InChI is InChI=1S/C27H26N4O5S/c1-5-13-28-25(32)22(26(33)30(27(28)37)20-9-7-6-8-10-20)15-19-14-17(2)29(18(19)3)23-16-21(31(34)35)11-12-24(23)36-4/h6-12,14-16H,5,13H2,1-4H3/b22-15+. The number of nitro groups is 1. The zero-order chi connectivity index (χ0) is 26.9. The first kappa shape index (κ1) is 25.8. The Balaban J connectivity index is 1.85. The highest BCUT2D eigenvalue weighted by molar-refractivity contribution is 7.80. The van der Waals surface area contributed by atoms with E-state index in [4.69, 9.17) is 17.0 Å². The summed E-state index contributed by atoms with van der Waals surface area (Å²) in [6.45, 7) is 5.96. The van der Waals surface area contributed by atoms with Crippen LogP contribution in [-0.2, 0) is 9.59 Å². The van der Waals surface area contributed by atoms with Crippen molar-refractivity contribution in [2.75, 3.05) is 18.6 Å². The Morgan fingerprint density at radius 3 is 2.38 bits per heavy atom. The lowest BCUT2D eigenvalue weighted by atomic mass is 10.1. The molecule has 0 unspecified atom stereocenters. The molecule has 0 bridgehead atoms. The van der Waals surface area contributed by atoms with Crippen LogP contribution in [0.25, 0.3) is 11.8 Å². The summed E-state index contributed by atoms with van der Waals surface area (Å²) in [7, 11) is 1.49. The molecule has 0 aliphatic carbocycles. The number of nitrogens with zero attached hydrogens (tertiary/aromatic N) is 4. The summed E-state index contributed by atoms with van der Waals surface area (Å²) >= 11 is 5.55. The number of nitro benzene ring substituents is 1. The van der Waals surface area contributed by atoms with Crippen molar-refractivity contribution >= 4 is 46.6 Å². The predicted molar refractivity (Wildman–Crippen MR) is 145 cm³/mol. The fourth-order valence-electron chi connectivity index (χ4n) is 4.43. The number of para-hydroxylation sites is 1. The van der Waals surface area contributed by atoms with Crippen molar-refractivity contribution in [2.45, 2.75) is 27.2 Å². The summed E-state index contributed by atoms with van der Waals surface area (Å²) in [5.74, 6) is -0.515. The highest BCUT2D eigenvalue weighted by Gasteiger charge is 2.40. The Morgan fingerprint density at radius 1 is 1.05 bits per heavy atom. The van der Waals surface area contributed by atoms with Crippen molar-refractivity contribution in [1.29, 1.82) is 0 Å². The summed E-state index contributed by atoms with van der Waals surface area (Å²) in [5, 5.41) is 11.5. The highest BCUT2D eigenvalue weighted by atomic mass is 32.1. The molecular weight excluding hydrogens is 492 g/mol. The molecule has 190 valence electrons. The third-order valence-corrected chi connectivity index (χ3v) is 6.58. The van der Waals surface area contributed by atoms with Crippen LogP contribution >= 0.6 is 12.2 Å². The number of carbonyl (C=O) groups is 2. The first-order valence-electron chi connectivity index (χ1n) is 11.7. The van der Waals surface area contributed by atoms with Gasteiger partial charge in [-0.05, 0) is 68.4 Å². The average Bonchev–Trinajstić information content (AvgIpc) is 3.16. The first-order chi connectivity index (χ1) is 17.7. The number of hydrogen-bond donors (Lipinski definition) is 0. The van der Waals surface area contributed by atoms with Gasteiger partial charge in [-0.15, -0.1) is 0 Å². The minimum Gasteiger partial charge on any atom is -0.495 e. The molecule has 2 heterocycles. The number of amides is 2. The number of hydrogen-bond acceptors (Lipinski definition) is 6. The Kier molecular flexibility index (Phi) is 7.21. The summed E-state index contributed by atoms with van der Waals surface area (Å²) in [5.41, 5.74) is 3.02. The van der Waals surface area contributed by atoms with E-state index in [2.05, 4.69) is 0 Å². The van der Waals surface area contributed by atoms with Crippen molar-refractivity contribution in [3.05, 3.63) is 87.2 Å². The van der Waals surface area contributed by atoms with Crippen LogP contribution in [0.15, 0.2) is 60.2 Å². The zero-order valence-corrected chi connectivity index (χ0v) is 21.7. The number of carbonyl (C=O) groups excluding carboxylic acids is 2. The van der Waals surface area contributed by atoms with Gasteiger partial charge in [0.2, 0.25) is 0 Å². The van der Waals surface area contributed by atoms with Crippen LogP contribution in [0.1, 0.15) is 30.3 Å². The van der Waals surface area contributed by atoms with Gasteiger partial charge in [-0.1, -0.05) is 25.1 Å². The van der Waals surface area contributed by atoms with E-state index in [1.54, 1.807) is 41.0 Å². The van der Waals surface area contributed by atoms with Gasteiger partial charge in [0, 0.05) is 30.1 Å². The largest absolute Gasteiger partial charge is 0.495 e. The fourth-order valence-corrected chi connectivity index (χ4v) is 4.79. The summed E-state index contributed by atoms with van der Waals surface area (Å²) in [6, 6.07) is 15.1. The number of thiocarbonyl (C=S) groups is 1. The lowest BCUT2D eigenvalue weighted by Crippen LogP contribution is -2.56. The number of methoxy groups -OCH3 is 1. The highest BCUT2D eigenvalue weighted by Crippen LogP contribution is 2.33. The van der Waals surface area contributed by atoms with Gasteiger partial charge in [-0.2, -0.15) is 0 Å². The molecule has 9 nitrogen and oxygen atoms in total. The number of anilines is 1. The molecular formula is C27H26N4O5S. The molecule has 0 atom stereocenters. The SMILES string of the molecule is CCCN1C(=O)/C(=C\c2cc(C)n(-c3cc([N+](=O)[O-])ccc3OC)c2C)C(=O)N(c2ccccc2)C1=S. The van der Waals surface area contributed by atoms with Gasteiger partial charge in [0.15, 0.2) is 5.11 Å². The molecule has 1 fully saturated rings. The summed E-state index contributed by atoms with van der Waals surface area (Å²) < 4.78 is 7.26. The maximum absolute atomic E-state index is 13.6. The van der Waals surface area contributed by atoms with Gasteiger partial charge in [-0.25, -0.2) is 0 Å². The molecule has 1 aliphatic heterocycles. The lowest BCUT2D eigenvalue weighted by Gasteiger charge is -2.36. The molecule has 1 saturated heterocycles. The third kappa shape index (κ3) is 4.63. The van der Waals surface area contributed by atoms with Crippen molar-refractivity contribution in [2.24, 2.45) is 0 Å². The zero-order valence-electron chi connectivity index (χ0n) is 20.9. The average molecular weight is 519 g/mol.